The van der Waals surface area contributed by atoms with Gasteiger partial charge in [0.05, 0.1) is 0 Å². The Morgan fingerprint density at radius 3 is 1.53 bits per heavy atom. The van der Waals surface area contributed by atoms with Crippen LogP contribution < -0.4 is 0 Å². The minimum absolute atomic E-state index is 0.0192. The largest absolute Gasteiger partial charge is 0.0622 e. The summed E-state index contributed by atoms with van der Waals surface area (Å²) < 4.78 is 0. The topological polar surface area (TPSA) is 0 Å². The van der Waals surface area contributed by atoms with Crippen LogP contribution in [0.2, 0.25) is 0 Å². The van der Waals surface area contributed by atoms with Crippen LogP contribution >= 0.6 is 0 Å². The van der Waals surface area contributed by atoms with Crippen molar-refractivity contribution >= 4 is 32.3 Å². The van der Waals surface area contributed by atoms with Crippen LogP contribution in [0, 0.1) is 0 Å². The summed E-state index contributed by atoms with van der Waals surface area (Å²) in [6.45, 7) is 4.70. The Morgan fingerprint density at radius 1 is 0.294 bits per heavy atom. The summed E-state index contributed by atoms with van der Waals surface area (Å²) in [4.78, 5) is 0. The second-order valence-corrected chi connectivity index (χ2v) is 14.5. The Labute approximate surface area is 299 Å². The predicted molar refractivity (Wildman–Crippen MR) is 218 cm³/mol. The van der Waals surface area contributed by atoms with Crippen molar-refractivity contribution in [3.05, 3.63) is 193 Å². The zero-order chi connectivity index (χ0) is 34.1. The van der Waals surface area contributed by atoms with Gasteiger partial charge in [0.25, 0.3) is 0 Å². The molecular weight excluding hydrogens is 613 g/mol. The summed E-state index contributed by atoms with van der Waals surface area (Å²) in [5.41, 5.74) is 15.6. The summed E-state index contributed by atoms with van der Waals surface area (Å²) >= 11 is 0. The zero-order valence-corrected chi connectivity index (χ0v) is 28.8. The van der Waals surface area contributed by atoms with Gasteiger partial charge in [-0.2, -0.15) is 0 Å². The minimum Gasteiger partial charge on any atom is -0.0622 e. The van der Waals surface area contributed by atoms with Crippen LogP contribution in [0.4, 0.5) is 0 Å². The van der Waals surface area contributed by atoms with Gasteiger partial charge in [-0.1, -0.05) is 184 Å². The fraction of sp³-hybridized carbons (Fsp3) is 0.0588. The molecule has 0 N–H and O–H groups in total. The van der Waals surface area contributed by atoms with Gasteiger partial charge in [0, 0.05) is 5.41 Å². The summed E-state index contributed by atoms with van der Waals surface area (Å²) in [7, 11) is 0. The standard InChI is InChI=1S/C51H36/c1-51(2)47-22-11-10-16-39(47)40-30-29-38(32-48(40)51)34-23-26-36(27-24-34)49-41-17-6-8-19-43(41)50(44-20-9-7-18-42(44)49)45-21-12-15-35-25-28-37(31-46(35)45)33-13-4-3-5-14-33/h3-32H,1-2H3. The SMILES string of the molecule is CC1(C)c2ccccc2-c2ccc(-c3ccc(-c4c5ccccc5c(-c5cccc6ccc(-c7ccccc7)cc56)c5ccccc45)cc3)cc21. The van der Waals surface area contributed by atoms with Crippen molar-refractivity contribution in [3.63, 3.8) is 0 Å². The van der Waals surface area contributed by atoms with Gasteiger partial charge in [-0.15, -0.1) is 0 Å². The van der Waals surface area contributed by atoms with E-state index in [4.69, 9.17) is 0 Å². The molecule has 0 unspecified atom stereocenters. The molecule has 9 aromatic rings. The van der Waals surface area contributed by atoms with Crippen molar-refractivity contribution in [1.29, 1.82) is 0 Å². The van der Waals surface area contributed by atoms with E-state index in [0.29, 0.717) is 0 Å². The number of fused-ring (bicyclic) bond motifs is 6. The van der Waals surface area contributed by atoms with Crippen LogP contribution in [-0.2, 0) is 5.41 Å². The van der Waals surface area contributed by atoms with Gasteiger partial charge >= 0.3 is 0 Å². The van der Waals surface area contributed by atoms with Crippen LogP contribution in [0.3, 0.4) is 0 Å². The van der Waals surface area contributed by atoms with Crippen molar-refractivity contribution in [2.45, 2.75) is 19.3 Å². The highest BCUT2D eigenvalue weighted by Crippen LogP contribution is 2.50. The van der Waals surface area contributed by atoms with Crippen molar-refractivity contribution in [2.75, 3.05) is 0 Å². The van der Waals surface area contributed by atoms with Gasteiger partial charge in [-0.3, -0.25) is 0 Å². The molecule has 0 amide bonds. The highest BCUT2D eigenvalue weighted by Gasteiger charge is 2.35. The molecule has 0 fully saturated rings. The summed E-state index contributed by atoms with van der Waals surface area (Å²) in [5.74, 6) is 0. The molecule has 1 aliphatic carbocycles. The van der Waals surface area contributed by atoms with E-state index < -0.39 is 0 Å². The maximum Gasteiger partial charge on any atom is 0.0159 e. The first kappa shape index (κ1) is 29.7. The van der Waals surface area contributed by atoms with Crippen molar-refractivity contribution in [1.82, 2.24) is 0 Å². The first-order valence-corrected chi connectivity index (χ1v) is 17.9. The Morgan fingerprint density at radius 2 is 0.804 bits per heavy atom. The molecule has 0 heterocycles. The van der Waals surface area contributed by atoms with E-state index in [1.165, 1.54) is 99.1 Å². The first-order chi connectivity index (χ1) is 25.1. The molecule has 0 aromatic heterocycles. The molecule has 0 nitrogen and oxygen atoms in total. The first-order valence-electron chi connectivity index (χ1n) is 17.9. The van der Waals surface area contributed by atoms with Gasteiger partial charge in [0.15, 0.2) is 0 Å². The molecule has 0 spiro atoms. The Kier molecular flexibility index (Phi) is 6.63. The van der Waals surface area contributed by atoms with Gasteiger partial charge < -0.3 is 0 Å². The lowest BCUT2D eigenvalue weighted by atomic mass is 9.81. The normalized spacial score (nSPS) is 13.1. The monoisotopic (exact) mass is 648 g/mol. The number of hydrogen-bond acceptors (Lipinski definition) is 0. The second-order valence-electron chi connectivity index (χ2n) is 14.5. The molecular formula is C51H36. The zero-order valence-electron chi connectivity index (χ0n) is 28.8. The van der Waals surface area contributed by atoms with Crippen molar-refractivity contribution in [3.8, 4) is 55.6 Å². The lowest BCUT2D eigenvalue weighted by Gasteiger charge is -2.22. The lowest BCUT2D eigenvalue weighted by molar-refractivity contribution is 0.660. The van der Waals surface area contributed by atoms with Crippen LogP contribution in [-0.4, -0.2) is 0 Å². The van der Waals surface area contributed by atoms with Crippen molar-refractivity contribution in [2.24, 2.45) is 0 Å². The molecule has 0 atom stereocenters. The molecule has 0 radical (unpaired) electrons. The quantitative estimate of drug-likeness (QED) is 0.167. The molecule has 51 heavy (non-hydrogen) atoms. The number of rotatable bonds is 4. The Bertz CT molecular complexity index is 2740. The molecule has 1 aliphatic rings. The van der Waals surface area contributed by atoms with E-state index in [9.17, 15) is 0 Å². The number of hydrogen-bond donors (Lipinski definition) is 0. The molecule has 0 aliphatic heterocycles. The molecule has 240 valence electrons. The van der Waals surface area contributed by atoms with E-state index in [1.807, 2.05) is 0 Å². The maximum absolute atomic E-state index is 2.41. The average Bonchev–Trinajstić information content (AvgIpc) is 3.42. The molecule has 0 heteroatoms. The van der Waals surface area contributed by atoms with E-state index in [2.05, 4.69) is 196 Å². The summed E-state index contributed by atoms with van der Waals surface area (Å²) in [6.07, 6.45) is 0. The highest BCUT2D eigenvalue weighted by atomic mass is 14.4. The van der Waals surface area contributed by atoms with Crippen LogP contribution in [0.15, 0.2) is 182 Å². The van der Waals surface area contributed by atoms with Crippen LogP contribution in [0.5, 0.6) is 0 Å². The van der Waals surface area contributed by atoms with Crippen LogP contribution in [0.1, 0.15) is 25.0 Å². The molecule has 9 aromatic carbocycles. The average molecular weight is 649 g/mol. The van der Waals surface area contributed by atoms with Gasteiger partial charge in [0.2, 0.25) is 0 Å². The Hall–Kier alpha value is -6.24. The maximum atomic E-state index is 2.41. The minimum atomic E-state index is -0.0192. The smallest absolute Gasteiger partial charge is 0.0159 e. The van der Waals surface area contributed by atoms with Gasteiger partial charge in [-0.05, 0) is 111 Å². The molecule has 0 saturated carbocycles. The van der Waals surface area contributed by atoms with Gasteiger partial charge in [-0.25, -0.2) is 0 Å². The van der Waals surface area contributed by atoms with Gasteiger partial charge in [0.1, 0.15) is 0 Å². The molecule has 0 bridgehead atoms. The molecule has 0 saturated heterocycles. The summed E-state index contributed by atoms with van der Waals surface area (Å²) in [5, 5.41) is 7.60. The van der Waals surface area contributed by atoms with Crippen molar-refractivity contribution < 1.29 is 0 Å². The lowest BCUT2D eigenvalue weighted by Crippen LogP contribution is -2.14. The third-order valence-corrected chi connectivity index (χ3v) is 11.3. The van der Waals surface area contributed by atoms with E-state index >= 15 is 0 Å². The van der Waals surface area contributed by atoms with E-state index in [-0.39, 0.29) is 5.41 Å². The third kappa shape index (κ3) is 4.60. The third-order valence-electron chi connectivity index (χ3n) is 11.3. The Balaban J connectivity index is 1.13. The second kappa shape index (κ2) is 11.4. The van der Waals surface area contributed by atoms with E-state index in [0.717, 1.165) is 0 Å². The van der Waals surface area contributed by atoms with Crippen LogP contribution in [0.25, 0.3) is 88.0 Å². The predicted octanol–water partition coefficient (Wildman–Crippen LogP) is 14.1. The summed E-state index contributed by atoms with van der Waals surface area (Å²) in [6, 6.07) is 67.4. The highest BCUT2D eigenvalue weighted by molar-refractivity contribution is 6.23. The fourth-order valence-corrected chi connectivity index (χ4v) is 8.74. The van der Waals surface area contributed by atoms with E-state index in [1.54, 1.807) is 0 Å². The molecule has 10 rings (SSSR count). The number of benzene rings is 9. The fourth-order valence-electron chi connectivity index (χ4n) is 8.74.